The highest BCUT2D eigenvalue weighted by Crippen LogP contribution is 2.20. The van der Waals surface area contributed by atoms with Gasteiger partial charge in [0.15, 0.2) is 0 Å². The predicted octanol–water partition coefficient (Wildman–Crippen LogP) is 3.34. The molecule has 0 aliphatic rings. The second-order valence-corrected chi connectivity index (χ2v) is 6.52. The smallest absolute Gasteiger partial charge is 0.271 e. The van der Waals surface area contributed by atoms with Crippen LogP contribution in [0, 0.1) is 10.1 Å². The Morgan fingerprint density at radius 2 is 2.00 bits per heavy atom. The number of hydrogen-bond acceptors (Lipinski definition) is 5. The first-order valence-electron chi connectivity index (χ1n) is 8.67. The molecule has 144 valence electrons. The van der Waals surface area contributed by atoms with E-state index in [2.05, 4.69) is 5.32 Å². The molecule has 0 spiro atoms. The first kappa shape index (κ1) is 19.1. The summed E-state index contributed by atoms with van der Waals surface area (Å²) < 4.78 is 6.92. The molecule has 1 amide bonds. The van der Waals surface area contributed by atoms with Crippen molar-refractivity contribution in [2.75, 3.05) is 5.32 Å². The van der Waals surface area contributed by atoms with E-state index < -0.39 is 10.8 Å². The normalized spacial score (nSPS) is 10.8. The van der Waals surface area contributed by atoms with Crippen LogP contribution in [0.3, 0.4) is 0 Å². The monoisotopic (exact) mass is 381 g/mol. The lowest BCUT2D eigenvalue weighted by atomic mass is 10.1. The molecule has 3 rings (SSSR count). The summed E-state index contributed by atoms with van der Waals surface area (Å²) in [7, 11) is 0. The predicted molar refractivity (Wildman–Crippen MR) is 106 cm³/mol. The number of nitro benzene ring substituents is 1. The lowest BCUT2D eigenvalue weighted by molar-refractivity contribution is -0.384. The summed E-state index contributed by atoms with van der Waals surface area (Å²) >= 11 is 0. The van der Waals surface area contributed by atoms with E-state index in [0.29, 0.717) is 16.8 Å². The van der Waals surface area contributed by atoms with Gasteiger partial charge in [-0.2, -0.15) is 0 Å². The Balaban J connectivity index is 1.79. The quantitative estimate of drug-likeness (QED) is 0.521. The highest BCUT2D eigenvalue weighted by atomic mass is 16.6. The molecule has 0 fully saturated rings. The van der Waals surface area contributed by atoms with Crippen molar-refractivity contribution >= 4 is 28.1 Å². The molecule has 1 N–H and O–H groups in total. The molecule has 0 atom stereocenters. The Morgan fingerprint density at radius 1 is 1.21 bits per heavy atom. The molecule has 0 aliphatic carbocycles. The van der Waals surface area contributed by atoms with Crippen molar-refractivity contribution in [2.45, 2.75) is 26.5 Å². The fourth-order valence-corrected chi connectivity index (χ4v) is 2.79. The second-order valence-electron chi connectivity index (χ2n) is 6.52. The first-order valence-corrected chi connectivity index (χ1v) is 8.67. The van der Waals surface area contributed by atoms with Crippen LogP contribution in [-0.2, 0) is 11.3 Å². The molecule has 2 aromatic carbocycles. The standard InChI is InChI=1S/C20H19N3O5/c1-13(2)28-17-6-7-18-14(10-17)8-9-22(20(18)25)12-19(24)21-15-4-3-5-16(11-15)23(26)27/h3-11,13H,12H2,1-2H3,(H,21,24). The number of non-ortho nitro benzene ring substituents is 1. The molecule has 28 heavy (non-hydrogen) atoms. The van der Waals surface area contributed by atoms with Crippen molar-refractivity contribution in [3.05, 3.63) is 75.2 Å². The number of carbonyl (C=O) groups is 1. The van der Waals surface area contributed by atoms with Gasteiger partial charge in [-0.15, -0.1) is 0 Å². The summed E-state index contributed by atoms with van der Waals surface area (Å²) in [5, 5.41) is 14.6. The minimum Gasteiger partial charge on any atom is -0.491 e. The minimum atomic E-state index is -0.541. The van der Waals surface area contributed by atoms with E-state index in [-0.39, 0.29) is 23.9 Å². The van der Waals surface area contributed by atoms with E-state index in [1.165, 1.54) is 29.0 Å². The molecule has 0 unspecified atom stereocenters. The van der Waals surface area contributed by atoms with Crippen LogP contribution in [0.1, 0.15) is 13.8 Å². The molecular weight excluding hydrogens is 362 g/mol. The number of ether oxygens (including phenoxy) is 1. The van der Waals surface area contributed by atoms with E-state index >= 15 is 0 Å². The number of pyridine rings is 1. The molecule has 0 saturated heterocycles. The Bertz CT molecular complexity index is 1100. The molecule has 0 radical (unpaired) electrons. The zero-order valence-corrected chi connectivity index (χ0v) is 15.4. The number of nitrogens with zero attached hydrogens (tertiary/aromatic N) is 2. The van der Waals surface area contributed by atoms with Crippen LogP contribution in [-0.4, -0.2) is 21.5 Å². The third-order valence-corrected chi connectivity index (χ3v) is 3.97. The van der Waals surface area contributed by atoms with Crippen LogP contribution in [0.5, 0.6) is 5.75 Å². The van der Waals surface area contributed by atoms with Crippen molar-refractivity contribution in [3.63, 3.8) is 0 Å². The van der Waals surface area contributed by atoms with Crippen molar-refractivity contribution in [1.82, 2.24) is 4.57 Å². The van der Waals surface area contributed by atoms with E-state index in [9.17, 15) is 19.7 Å². The first-order chi connectivity index (χ1) is 13.3. The SMILES string of the molecule is CC(C)Oc1ccc2c(=O)n(CC(=O)Nc3cccc([N+](=O)[O-])c3)ccc2c1. The van der Waals surface area contributed by atoms with Gasteiger partial charge in [0.05, 0.1) is 11.0 Å². The zero-order chi connectivity index (χ0) is 20.3. The van der Waals surface area contributed by atoms with Gasteiger partial charge in [-0.25, -0.2) is 0 Å². The van der Waals surface area contributed by atoms with Crippen LogP contribution in [0.15, 0.2) is 59.5 Å². The number of nitro groups is 1. The second kappa shape index (κ2) is 7.91. The maximum absolute atomic E-state index is 12.6. The van der Waals surface area contributed by atoms with Gasteiger partial charge in [-0.05, 0) is 49.6 Å². The average Bonchev–Trinajstić information content (AvgIpc) is 2.63. The summed E-state index contributed by atoms with van der Waals surface area (Å²) in [6.45, 7) is 3.63. The van der Waals surface area contributed by atoms with Crippen LogP contribution < -0.4 is 15.6 Å². The maximum atomic E-state index is 12.6. The van der Waals surface area contributed by atoms with Gasteiger partial charge in [0.2, 0.25) is 5.91 Å². The van der Waals surface area contributed by atoms with E-state index in [4.69, 9.17) is 4.74 Å². The number of benzene rings is 2. The van der Waals surface area contributed by atoms with Gasteiger partial charge < -0.3 is 14.6 Å². The lowest BCUT2D eigenvalue weighted by Crippen LogP contribution is -2.27. The van der Waals surface area contributed by atoms with Crippen molar-refractivity contribution < 1.29 is 14.5 Å². The topological polar surface area (TPSA) is 103 Å². The third kappa shape index (κ3) is 4.35. The van der Waals surface area contributed by atoms with E-state index in [1.807, 2.05) is 13.8 Å². The number of nitrogens with one attached hydrogen (secondary N) is 1. The molecule has 0 saturated carbocycles. The minimum absolute atomic E-state index is 0.0235. The number of amides is 1. The Labute approximate surface area is 160 Å². The fourth-order valence-electron chi connectivity index (χ4n) is 2.79. The lowest BCUT2D eigenvalue weighted by Gasteiger charge is -2.11. The number of fused-ring (bicyclic) bond motifs is 1. The maximum Gasteiger partial charge on any atom is 0.271 e. The summed E-state index contributed by atoms with van der Waals surface area (Å²) in [5.74, 6) is 0.213. The van der Waals surface area contributed by atoms with Crippen molar-refractivity contribution in [2.24, 2.45) is 0 Å². The molecule has 3 aromatic rings. The molecule has 1 aromatic heterocycles. The number of hydrogen-bond donors (Lipinski definition) is 1. The average molecular weight is 381 g/mol. The fraction of sp³-hybridized carbons (Fsp3) is 0.200. The van der Waals surface area contributed by atoms with Crippen LogP contribution in [0.4, 0.5) is 11.4 Å². The van der Waals surface area contributed by atoms with Gasteiger partial charge in [0, 0.05) is 29.4 Å². The van der Waals surface area contributed by atoms with Gasteiger partial charge in [0.1, 0.15) is 12.3 Å². The zero-order valence-electron chi connectivity index (χ0n) is 15.4. The number of carbonyl (C=O) groups excluding carboxylic acids is 1. The van der Waals surface area contributed by atoms with Gasteiger partial charge >= 0.3 is 0 Å². The molecular formula is C20H19N3O5. The van der Waals surface area contributed by atoms with Crippen molar-refractivity contribution in [3.8, 4) is 5.75 Å². The Morgan fingerprint density at radius 3 is 2.71 bits per heavy atom. The molecule has 0 bridgehead atoms. The summed E-state index contributed by atoms with van der Waals surface area (Å²) in [6.07, 6.45) is 1.56. The van der Waals surface area contributed by atoms with E-state index in [1.54, 1.807) is 30.3 Å². The summed E-state index contributed by atoms with van der Waals surface area (Å²) in [4.78, 5) is 35.2. The summed E-state index contributed by atoms with van der Waals surface area (Å²) in [5.41, 5.74) is -0.133. The van der Waals surface area contributed by atoms with Crippen LogP contribution >= 0.6 is 0 Å². The van der Waals surface area contributed by atoms with Crippen LogP contribution in [0.2, 0.25) is 0 Å². The highest BCUT2D eigenvalue weighted by molar-refractivity contribution is 5.91. The highest BCUT2D eigenvalue weighted by Gasteiger charge is 2.11. The molecule has 1 heterocycles. The van der Waals surface area contributed by atoms with E-state index in [0.717, 1.165) is 5.39 Å². The number of rotatable bonds is 6. The molecule has 8 nitrogen and oxygen atoms in total. The third-order valence-electron chi connectivity index (χ3n) is 3.97. The number of anilines is 1. The van der Waals surface area contributed by atoms with Gasteiger partial charge in [-0.1, -0.05) is 6.07 Å². The van der Waals surface area contributed by atoms with Crippen LogP contribution in [0.25, 0.3) is 10.8 Å². The summed E-state index contributed by atoms with van der Waals surface area (Å²) in [6, 6.07) is 12.5. The van der Waals surface area contributed by atoms with Crippen molar-refractivity contribution in [1.29, 1.82) is 0 Å². The largest absolute Gasteiger partial charge is 0.491 e. The van der Waals surface area contributed by atoms with Gasteiger partial charge in [-0.3, -0.25) is 19.7 Å². The van der Waals surface area contributed by atoms with Gasteiger partial charge in [0.25, 0.3) is 11.2 Å². The Kier molecular flexibility index (Phi) is 5.39. The number of aromatic nitrogens is 1. The molecule has 8 heteroatoms. The molecule has 0 aliphatic heterocycles. The Hall–Kier alpha value is -3.68.